The first-order valence-corrected chi connectivity index (χ1v) is 15.5. The van der Waals surface area contributed by atoms with Crippen molar-refractivity contribution in [2.45, 2.75) is 108 Å². The Hall–Kier alpha value is -0.0613. The minimum absolute atomic E-state index is 1.15. The van der Waals surface area contributed by atoms with Gasteiger partial charge in [0.05, 0.1) is 0 Å². The SMILES string of the molecule is C1CC[CH]([Sn]([CH]2CCCCC2)[CH]2CCCCC2)CC1.c1nc[nH]n1. The van der Waals surface area contributed by atoms with Crippen LogP contribution in [0.4, 0.5) is 0 Å². The molecular formula is C20H36N3Sn. The van der Waals surface area contributed by atoms with E-state index in [4.69, 9.17) is 0 Å². The third kappa shape index (κ3) is 5.74. The van der Waals surface area contributed by atoms with Crippen molar-refractivity contribution >= 4 is 19.8 Å². The molecule has 0 unspecified atom stereocenters. The van der Waals surface area contributed by atoms with E-state index in [-0.39, 0.29) is 0 Å². The summed E-state index contributed by atoms with van der Waals surface area (Å²) in [4.78, 5) is 3.56. The number of aromatic nitrogens is 3. The average molecular weight is 437 g/mol. The van der Waals surface area contributed by atoms with Gasteiger partial charge >= 0.3 is 128 Å². The second-order valence-electron chi connectivity index (χ2n) is 8.16. The van der Waals surface area contributed by atoms with Crippen LogP contribution >= 0.6 is 0 Å². The summed E-state index contributed by atoms with van der Waals surface area (Å²) in [5.74, 6) is 0. The van der Waals surface area contributed by atoms with Gasteiger partial charge in [0.1, 0.15) is 12.7 Å². The Morgan fingerprint density at radius 2 is 1.04 bits per heavy atom. The normalized spacial score (nSPS) is 24.5. The van der Waals surface area contributed by atoms with Crippen LogP contribution in [0, 0.1) is 0 Å². The number of rotatable bonds is 3. The van der Waals surface area contributed by atoms with Crippen LogP contribution < -0.4 is 0 Å². The molecule has 4 heteroatoms. The van der Waals surface area contributed by atoms with E-state index in [1.165, 1.54) is 24.5 Å². The molecule has 1 radical (unpaired) electrons. The van der Waals surface area contributed by atoms with Gasteiger partial charge in [-0.25, -0.2) is 4.98 Å². The van der Waals surface area contributed by atoms with Gasteiger partial charge in [-0.1, -0.05) is 0 Å². The van der Waals surface area contributed by atoms with Crippen molar-refractivity contribution in [1.82, 2.24) is 15.2 Å². The van der Waals surface area contributed by atoms with E-state index in [1.807, 2.05) is 0 Å². The van der Waals surface area contributed by atoms with Gasteiger partial charge in [-0.05, 0) is 0 Å². The van der Waals surface area contributed by atoms with E-state index in [9.17, 15) is 0 Å². The maximum absolute atomic E-state index is 3.56. The average Bonchev–Trinajstić information content (AvgIpc) is 3.25. The Kier molecular flexibility index (Phi) is 8.44. The van der Waals surface area contributed by atoms with Gasteiger partial charge < -0.3 is 0 Å². The Morgan fingerprint density at radius 3 is 1.29 bits per heavy atom. The second-order valence-corrected chi connectivity index (χ2v) is 18.0. The molecule has 3 nitrogen and oxygen atoms in total. The molecule has 0 spiro atoms. The predicted molar refractivity (Wildman–Crippen MR) is 103 cm³/mol. The van der Waals surface area contributed by atoms with Crippen molar-refractivity contribution in [3.05, 3.63) is 12.7 Å². The molecule has 0 amide bonds. The molecule has 1 N–H and O–H groups in total. The number of nitrogens with zero attached hydrogens (tertiary/aromatic N) is 2. The van der Waals surface area contributed by atoms with Crippen molar-refractivity contribution in [2.24, 2.45) is 0 Å². The third-order valence-electron chi connectivity index (χ3n) is 6.56. The fourth-order valence-corrected chi connectivity index (χ4v) is 20.4. The van der Waals surface area contributed by atoms with Gasteiger partial charge in [-0.2, -0.15) is 5.10 Å². The van der Waals surface area contributed by atoms with Crippen LogP contribution in [0.2, 0.25) is 11.8 Å². The van der Waals surface area contributed by atoms with E-state index in [0.717, 1.165) is 0 Å². The van der Waals surface area contributed by atoms with Crippen LogP contribution in [0.25, 0.3) is 0 Å². The summed E-state index contributed by atoms with van der Waals surface area (Å²) in [6, 6.07) is 0. The first-order chi connectivity index (χ1) is 11.9. The van der Waals surface area contributed by atoms with Gasteiger partial charge in [-0.15, -0.1) is 0 Å². The molecule has 3 saturated carbocycles. The van der Waals surface area contributed by atoms with E-state index in [0.29, 0.717) is 0 Å². The van der Waals surface area contributed by atoms with Crippen molar-refractivity contribution in [3.8, 4) is 0 Å². The Labute approximate surface area is 155 Å². The molecule has 1 aromatic heterocycles. The van der Waals surface area contributed by atoms with Gasteiger partial charge in [-0.3, -0.25) is 5.10 Å². The molecule has 0 aliphatic heterocycles. The minimum Gasteiger partial charge on any atom is -0.266 e. The van der Waals surface area contributed by atoms with Crippen LogP contribution in [-0.2, 0) is 0 Å². The molecule has 3 aliphatic rings. The van der Waals surface area contributed by atoms with E-state index in [2.05, 4.69) is 15.2 Å². The molecule has 4 rings (SSSR count). The first-order valence-electron chi connectivity index (χ1n) is 10.6. The van der Waals surface area contributed by atoms with E-state index in [1.54, 1.807) is 96.3 Å². The molecular weight excluding hydrogens is 401 g/mol. The van der Waals surface area contributed by atoms with Crippen LogP contribution in [0.5, 0.6) is 0 Å². The van der Waals surface area contributed by atoms with Crippen LogP contribution in [-0.4, -0.2) is 34.9 Å². The molecule has 0 aromatic carbocycles. The zero-order valence-electron chi connectivity index (χ0n) is 15.4. The number of H-pyrrole nitrogens is 1. The van der Waals surface area contributed by atoms with Gasteiger partial charge in [0.2, 0.25) is 0 Å². The molecule has 135 valence electrons. The van der Waals surface area contributed by atoms with E-state index >= 15 is 0 Å². The summed E-state index contributed by atoms with van der Waals surface area (Å²) in [5, 5.41) is 5.99. The summed E-state index contributed by atoms with van der Waals surface area (Å²) < 4.78 is 3.96. The smallest absolute Gasteiger partial charge is 0.137 e. The second kappa shape index (κ2) is 10.8. The maximum atomic E-state index is 3.56. The number of hydrogen-bond donors (Lipinski definition) is 1. The van der Waals surface area contributed by atoms with Crippen molar-refractivity contribution in [3.63, 3.8) is 0 Å². The van der Waals surface area contributed by atoms with Crippen molar-refractivity contribution < 1.29 is 0 Å². The summed E-state index contributed by atoms with van der Waals surface area (Å²) in [6.07, 6.45) is 27.2. The quantitative estimate of drug-likeness (QED) is 0.565. The van der Waals surface area contributed by atoms with Crippen molar-refractivity contribution in [2.75, 3.05) is 0 Å². The van der Waals surface area contributed by atoms with Gasteiger partial charge in [0, 0.05) is 0 Å². The Morgan fingerprint density at radius 1 is 0.625 bits per heavy atom. The molecule has 24 heavy (non-hydrogen) atoms. The summed E-state index contributed by atoms with van der Waals surface area (Å²) >= 11 is -1.15. The fourth-order valence-electron chi connectivity index (χ4n) is 5.47. The fraction of sp³-hybridized carbons (Fsp3) is 0.900. The molecule has 1 heterocycles. The summed E-state index contributed by atoms with van der Waals surface area (Å²) in [7, 11) is 0. The summed E-state index contributed by atoms with van der Waals surface area (Å²) in [5.41, 5.74) is 0. The zero-order valence-corrected chi connectivity index (χ0v) is 18.2. The number of aromatic amines is 1. The molecule has 0 bridgehead atoms. The van der Waals surface area contributed by atoms with Gasteiger partial charge in [0.15, 0.2) is 0 Å². The number of hydrogen-bond acceptors (Lipinski definition) is 2. The van der Waals surface area contributed by atoms with Gasteiger partial charge in [0.25, 0.3) is 0 Å². The zero-order chi connectivity index (χ0) is 16.5. The minimum atomic E-state index is -1.15. The molecule has 3 fully saturated rings. The molecule has 0 atom stereocenters. The third-order valence-corrected chi connectivity index (χ3v) is 19.6. The van der Waals surface area contributed by atoms with Crippen molar-refractivity contribution in [1.29, 1.82) is 0 Å². The largest absolute Gasteiger partial charge is 0.266 e. The van der Waals surface area contributed by atoms with Crippen LogP contribution in [0.15, 0.2) is 12.7 Å². The number of nitrogens with one attached hydrogen (secondary N) is 1. The Bertz CT molecular complexity index is 345. The standard InChI is InChI=1S/3C6H11.C2H3N3.Sn/c3*1-2-4-6-5-3-1;1-3-2-5-4-1;/h3*1H,2-6H2;1-2H,(H,3,4,5);. The molecule has 1 aromatic rings. The Balaban J connectivity index is 0.000000290. The first kappa shape index (κ1) is 18.7. The summed E-state index contributed by atoms with van der Waals surface area (Å²) in [6.45, 7) is 0. The maximum Gasteiger partial charge on any atom is 0.137 e. The molecule has 3 aliphatic carbocycles. The van der Waals surface area contributed by atoms with Crippen LogP contribution in [0.3, 0.4) is 0 Å². The van der Waals surface area contributed by atoms with Crippen LogP contribution in [0.1, 0.15) is 96.3 Å². The monoisotopic (exact) mass is 438 g/mol. The molecule has 0 saturated heterocycles. The van der Waals surface area contributed by atoms with E-state index < -0.39 is 19.8 Å². The topological polar surface area (TPSA) is 41.6 Å². The predicted octanol–water partition coefficient (Wildman–Crippen LogP) is 6.29.